The molecule has 1 aliphatic heterocycles. The van der Waals surface area contributed by atoms with Gasteiger partial charge in [-0.25, -0.2) is 0 Å². The van der Waals surface area contributed by atoms with Crippen LogP contribution in [0, 0.1) is 13.8 Å². The van der Waals surface area contributed by atoms with Gasteiger partial charge in [0.2, 0.25) is 0 Å². The largest absolute Gasteiger partial charge is 0.387 e. The minimum absolute atomic E-state index is 0.269. The molecular weight excluding hydrogens is 226 g/mol. The smallest absolute Gasteiger partial charge is 0.0919 e. The summed E-state index contributed by atoms with van der Waals surface area (Å²) in [5.74, 6) is 0. The van der Waals surface area contributed by atoms with E-state index in [1.165, 1.54) is 11.1 Å². The molecule has 1 heterocycles. The lowest BCUT2D eigenvalue weighted by atomic mass is 10.0. The van der Waals surface area contributed by atoms with Gasteiger partial charge in [0.05, 0.1) is 18.8 Å². The Bertz CT molecular complexity index is 405. The van der Waals surface area contributed by atoms with Crippen LogP contribution in [0.3, 0.4) is 0 Å². The first-order chi connectivity index (χ1) is 8.56. The van der Waals surface area contributed by atoms with Crippen LogP contribution in [-0.4, -0.2) is 42.4 Å². The first kappa shape index (κ1) is 13.5. The Morgan fingerprint density at radius 1 is 1.44 bits per heavy atom. The third-order valence-electron chi connectivity index (χ3n) is 3.54. The number of aliphatic hydroxyl groups is 1. The molecule has 0 aliphatic carbocycles. The molecule has 18 heavy (non-hydrogen) atoms. The van der Waals surface area contributed by atoms with Crippen LogP contribution in [0.5, 0.6) is 0 Å². The van der Waals surface area contributed by atoms with Crippen LogP contribution in [-0.2, 0) is 4.74 Å². The van der Waals surface area contributed by atoms with Gasteiger partial charge in [-0.15, -0.1) is 0 Å². The number of ether oxygens (including phenoxy) is 1. The summed E-state index contributed by atoms with van der Waals surface area (Å²) in [6.07, 6.45) is -0.138. The maximum atomic E-state index is 10.3. The van der Waals surface area contributed by atoms with Gasteiger partial charge in [0.25, 0.3) is 0 Å². The summed E-state index contributed by atoms with van der Waals surface area (Å²) in [6.45, 7) is 9.49. The molecule has 1 N–H and O–H groups in total. The maximum absolute atomic E-state index is 10.3. The highest BCUT2D eigenvalue weighted by Crippen LogP contribution is 2.20. The molecule has 2 unspecified atom stereocenters. The van der Waals surface area contributed by atoms with E-state index in [9.17, 15) is 5.11 Å². The van der Waals surface area contributed by atoms with E-state index in [0.29, 0.717) is 6.54 Å². The molecule has 0 bridgehead atoms. The highest BCUT2D eigenvalue weighted by Gasteiger charge is 2.20. The number of hydrogen-bond donors (Lipinski definition) is 1. The van der Waals surface area contributed by atoms with Crippen molar-refractivity contribution < 1.29 is 9.84 Å². The summed E-state index contributed by atoms with van der Waals surface area (Å²) in [7, 11) is 0. The van der Waals surface area contributed by atoms with Crippen molar-refractivity contribution in [2.24, 2.45) is 0 Å². The normalized spacial score (nSPS) is 23.0. The molecule has 0 amide bonds. The van der Waals surface area contributed by atoms with Crippen molar-refractivity contribution in [3.63, 3.8) is 0 Å². The Hall–Kier alpha value is -0.900. The van der Waals surface area contributed by atoms with Gasteiger partial charge >= 0.3 is 0 Å². The van der Waals surface area contributed by atoms with Crippen LogP contribution >= 0.6 is 0 Å². The average molecular weight is 249 g/mol. The summed E-state index contributed by atoms with van der Waals surface area (Å²) in [4.78, 5) is 2.28. The molecule has 1 fully saturated rings. The van der Waals surface area contributed by atoms with E-state index in [4.69, 9.17) is 4.74 Å². The van der Waals surface area contributed by atoms with Gasteiger partial charge in [-0.05, 0) is 31.9 Å². The predicted molar refractivity (Wildman–Crippen MR) is 72.7 cm³/mol. The van der Waals surface area contributed by atoms with E-state index in [0.717, 1.165) is 25.3 Å². The van der Waals surface area contributed by atoms with Gasteiger partial charge in [0.1, 0.15) is 0 Å². The molecular formula is C15H23NO2. The Kier molecular flexibility index (Phi) is 4.38. The third-order valence-corrected chi connectivity index (χ3v) is 3.54. The Morgan fingerprint density at radius 2 is 2.22 bits per heavy atom. The van der Waals surface area contributed by atoms with Crippen molar-refractivity contribution in [2.75, 3.05) is 26.2 Å². The van der Waals surface area contributed by atoms with Crippen LogP contribution in [0.15, 0.2) is 18.2 Å². The lowest BCUT2D eigenvalue weighted by Gasteiger charge is -2.32. The van der Waals surface area contributed by atoms with Gasteiger partial charge in [0.15, 0.2) is 0 Å². The second-order valence-corrected chi connectivity index (χ2v) is 5.32. The molecule has 0 spiro atoms. The summed E-state index contributed by atoms with van der Waals surface area (Å²) in [5, 5.41) is 10.3. The number of aryl methyl sites for hydroxylation is 2. The highest BCUT2D eigenvalue weighted by molar-refractivity contribution is 5.32. The zero-order valence-electron chi connectivity index (χ0n) is 11.5. The molecule has 1 aromatic rings. The summed E-state index contributed by atoms with van der Waals surface area (Å²) >= 11 is 0. The van der Waals surface area contributed by atoms with Crippen LogP contribution in [0.4, 0.5) is 0 Å². The van der Waals surface area contributed by atoms with Crippen molar-refractivity contribution in [1.82, 2.24) is 4.90 Å². The number of hydrogen-bond acceptors (Lipinski definition) is 3. The fourth-order valence-corrected chi connectivity index (χ4v) is 2.60. The molecule has 100 valence electrons. The minimum atomic E-state index is -0.407. The first-order valence-corrected chi connectivity index (χ1v) is 6.65. The number of rotatable bonds is 3. The Labute approximate surface area is 109 Å². The molecule has 0 radical (unpaired) electrons. The van der Waals surface area contributed by atoms with Gasteiger partial charge in [-0.3, -0.25) is 4.90 Å². The second-order valence-electron chi connectivity index (χ2n) is 5.32. The molecule has 1 saturated heterocycles. The number of benzene rings is 1. The van der Waals surface area contributed by atoms with Crippen molar-refractivity contribution in [3.8, 4) is 0 Å². The lowest BCUT2D eigenvalue weighted by Crippen LogP contribution is -2.42. The molecule has 1 aliphatic rings. The summed E-state index contributed by atoms with van der Waals surface area (Å²) in [5.41, 5.74) is 3.45. The Morgan fingerprint density at radius 3 is 2.89 bits per heavy atom. The van der Waals surface area contributed by atoms with E-state index in [-0.39, 0.29) is 6.10 Å². The van der Waals surface area contributed by atoms with Crippen LogP contribution < -0.4 is 0 Å². The molecule has 3 nitrogen and oxygen atoms in total. The number of nitrogens with zero attached hydrogens (tertiary/aromatic N) is 1. The van der Waals surface area contributed by atoms with E-state index in [2.05, 4.69) is 37.8 Å². The SMILES string of the molecule is Cc1ccc(C(O)CN2CCOC(C)C2)c(C)c1. The van der Waals surface area contributed by atoms with E-state index in [1.807, 2.05) is 6.07 Å². The lowest BCUT2D eigenvalue weighted by molar-refractivity contribution is -0.0319. The molecule has 3 heteroatoms. The van der Waals surface area contributed by atoms with Gasteiger partial charge in [0, 0.05) is 19.6 Å². The van der Waals surface area contributed by atoms with E-state index < -0.39 is 6.10 Å². The highest BCUT2D eigenvalue weighted by atomic mass is 16.5. The van der Waals surface area contributed by atoms with Crippen molar-refractivity contribution in [1.29, 1.82) is 0 Å². The molecule has 2 atom stereocenters. The number of aliphatic hydroxyl groups excluding tert-OH is 1. The predicted octanol–water partition coefficient (Wildman–Crippen LogP) is 2.06. The van der Waals surface area contributed by atoms with Gasteiger partial charge < -0.3 is 9.84 Å². The maximum Gasteiger partial charge on any atom is 0.0919 e. The van der Waals surface area contributed by atoms with E-state index in [1.54, 1.807) is 0 Å². The zero-order chi connectivity index (χ0) is 13.1. The first-order valence-electron chi connectivity index (χ1n) is 6.65. The fraction of sp³-hybridized carbons (Fsp3) is 0.600. The van der Waals surface area contributed by atoms with Gasteiger partial charge in [-0.2, -0.15) is 0 Å². The summed E-state index contributed by atoms with van der Waals surface area (Å²) in [6, 6.07) is 6.23. The average Bonchev–Trinajstić information content (AvgIpc) is 2.28. The quantitative estimate of drug-likeness (QED) is 0.890. The topological polar surface area (TPSA) is 32.7 Å². The van der Waals surface area contributed by atoms with E-state index >= 15 is 0 Å². The van der Waals surface area contributed by atoms with Crippen molar-refractivity contribution >= 4 is 0 Å². The molecule has 0 saturated carbocycles. The Balaban J connectivity index is 2.00. The van der Waals surface area contributed by atoms with Crippen LogP contribution in [0.1, 0.15) is 29.7 Å². The number of morpholine rings is 1. The molecule has 2 rings (SSSR count). The third kappa shape index (κ3) is 3.31. The van der Waals surface area contributed by atoms with Crippen LogP contribution in [0.2, 0.25) is 0 Å². The molecule has 1 aromatic carbocycles. The monoisotopic (exact) mass is 249 g/mol. The fourth-order valence-electron chi connectivity index (χ4n) is 2.60. The van der Waals surface area contributed by atoms with Crippen molar-refractivity contribution in [3.05, 3.63) is 34.9 Å². The summed E-state index contributed by atoms with van der Waals surface area (Å²) < 4.78 is 5.51. The van der Waals surface area contributed by atoms with Gasteiger partial charge in [-0.1, -0.05) is 23.8 Å². The standard InChI is InChI=1S/C15H23NO2/c1-11-4-5-14(12(2)8-11)15(17)10-16-6-7-18-13(3)9-16/h4-5,8,13,15,17H,6-7,9-10H2,1-3H3. The van der Waals surface area contributed by atoms with Crippen LogP contribution in [0.25, 0.3) is 0 Å². The molecule has 0 aromatic heterocycles. The van der Waals surface area contributed by atoms with Crippen molar-refractivity contribution in [2.45, 2.75) is 33.0 Å². The zero-order valence-corrected chi connectivity index (χ0v) is 11.5. The second kappa shape index (κ2) is 5.83. The number of β-amino-alcohol motifs (C(OH)–C–C–N with tert-alkyl or cyclic N) is 1. The minimum Gasteiger partial charge on any atom is -0.387 e.